The molecule has 0 saturated carbocycles. The summed E-state index contributed by atoms with van der Waals surface area (Å²) in [7, 11) is 1.63. The monoisotopic (exact) mass is 271 g/mol. The van der Waals surface area contributed by atoms with Crippen LogP contribution in [0.15, 0.2) is 18.2 Å². The number of methoxy groups -OCH3 is 1. The molecule has 1 aromatic carbocycles. The van der Waals surface area contributed by atoms with Gasteiger partial charge in [0.05, 0.1) is 18.8 Å². The molecule has 2 atom stereocenters. The molecule has 0 aliphatic heterocycles. The third-order valence-corrected chi connectivity index (χ3v) is 3.60. The molecule has 4 heteroatoms. The molecular weight excluding hydrogens is 250 g/mol. The molecule has 18 heavy (non-hydrogen) atoms. The van der Waals surface area contributed by atoms with Crippen molar-refractivity contribution in [3.63, 3.8) is 0 Å². The Kier molecular flexibility index (Phi) is 5.45. The Hall–Kier alpha value is -0.770. The van der Waals surface area contributed by atoms with Gasteiger partial charge in [-0.1, -0.05) is 18.5 Å². The van der Waals surface area contributed by atoms with Crippen molar-refractivity contribution in [3.05, 3.63) is 28.8 Å². The van der Waals surface area contributed by atoms with Gasteiger partial charge in [-0.25, -0.2) is 0 Å². The smallest absolute Gasteiger partial charge is 0.123 e. The van der Waals surface area contributed by atoms with E-state index in [2.05, 4.69) is 6.92 Å². The lowest BCUT2D eigenvalue weighted by molar-refractivity contribution is -0.0476. The van der Waals surface area contributed by atoms with Gasteiger partial charge >= 0.3 is 0 Å². The fourth-order valence-electron chi connectivity index (χ4n) is 2.02. The minimum atomic E-state index is -0.424. The van der Waals surface area contributed by atoms with Crippen LogP contribution in [0.1, 0.15) is 38.8 Å². The van der Waals surface area contributed by atoms with E-state index in [0.717, 1.165) is 17.7 Å². The fraction of sp³-hybridized carbons (Fsp3) is 0.571. The number of hydrogen-bond donors (Lipinski definition) is 1. The number of nitrogens with two attached hydrogens (primary N) is 1. The van der Waals surface area contributed by atoms with Crippen LogP contribution in [0.5, 0.6) is 5.75 Å². The van der Waals surface area contributed by atoms with Crippen molar-refractivity contribution < 1.29 is 9.47 Å². The minimum absolute atomic E-state index is 0.281. The lowest BCUT2D eigenvalue weighted by atomic mass is 9.88. The number of benzene rings is 1. The van der Waals surface area contributed by atoms with Gasteiger partial charge in [0.1, 0.15) is 5.75 Å². The Morgan fingerprint density at radius 1 is 1.39 bits per heavy atom. The molecule has 0 fully saturated rings. The molecule has 0 aromatic heterocycles. The van der Waals surface area contributed by atoms with Crippen molar-refractivity contribution in [2.75, 3.05) is 13.7 Å². The van der Waals surface area contributed by atoms with Gasteiger partial charge < -0.3 is 15.2 Å². The van der Waals surface area contributed by atoms with Gasteiger partial charge in [0, 0.05) is 17.2 Å². The molecule has 0 heterocycles. The molecule has 0 aliphatic rings. The molecule has 2 unspecified atom stereocenters. The molecule has 0 bridgehead atoms. The lowest BCUT2D eigenvalue weighted by Gasteiger charge is -2.35. The fourth-order valence-corrected chi connectivity index (χ4v) is 2.20. The molecule has 0 radical (unpaired) electrons. The Morgan fingerprint density at radius 3 is 2.56 bits per heavy atom. The summed E-state index contributed by atoms with van der Waals surface area (Å²) in [4.78, 5) is 0. The maximum absolute atomic E-state index is 6.35. The van der Waals surface area contributed by atoms with Crippen molar-refractivity contribution in [3.8, 4) is 5.75 Å². The highest BCUT2D eigenvalue weighted by molar-refractivity contribution is 6.30. The van der Waals surface area contributed by atoms with Crippen molar-refractivity contribution in [1.29, 1.82) is 0 Å². The first-order valence-corrected chi connectivity index (χ1v) is 6.59. The van der Waals surface area contributed by atoms with Crippen LogP contribution in [0.4, 0.5) is 0 Å². The van der Waals surface area contributed by atoms with Gasteiger partial charge in [0.25, 0.3) is 0 Å². The first-order chi connectivity index (χ1) is 8.48. The third-order valence-electron chi connectivity index (χ3n) is 3.36. The second-order valence-corrected chi connectivity index (χ2v) is 4.90. The topological polar surface area (TPSA) is 44.5 Å². The standard InChI is InChI=1S/C14H22ClNO2/c1-5-14(3,18-6-2)13(16)11-9-10(15)7-8-12(11)17-4/h7-9,13H,5-6,16H2,1-4H3. The van der Waals surface area contributed by atoms with E-state index in [1.807, 2.05) is 26.0 Å². The maximum Gasteiger partial charge on any atom is 0.123 e. The van der Waals surface area contributed by atoms with E-state index in [4.69, 9.17) is 26.8 Å². The van der Waals surface area contributed by atoms with Crippen LogP contribution in [0, 0.1) is 0 Å². The number of ether oxygens (including phenoxy) is 2. The zero-order valence-electron chi connectivity index (χ0n) is 11.5. The molecule has 2 N–H and O–H groups in total. The highest BCUT2D eigenvalue weighted by Gasteiger charge is 2.33. The first kappa shape index (κ1) is 15.3. The first-order valence-electron chi connectivity index (χ1n) is 6.21. The molecule has 0 amide bonds. The number of rotatable bonds is 6. The summed E-state index contributed by atoms with van der Waals surface area (Å²) in [5.41, 5.74) is 6.81. The molecule has 1 rings (SSSR count). The lowest BCUT2D eigenvalue weighted by Crippen LogP contribution is -2.40. The second kappa shape index (κ2) is 6.41. The predicted molar refractivity (Wildman–Crippen MR) is 75.3 cm³/mol. The van der Waals surface area contributed by atoms with Crippen molar-refractivity contribution in [2.24, 2.45) is 5.73 Å². The summed E-state index contributed by atoms with van der Waals surface area (Å²) in [6.45, 7) is 6.67. The van der Waals surface area contributed by atoms with Crippen LogP contribution < -0.4 is 10.5 Å². The minimum Gasteiger partial charge on any atom is -0.496 e. The van der Waals surface area contributed by atoms with E-state index >= 15 is 0 Å². The van der Waals surface area contributed by atoms with E-state index in [9.17, 15) is 0 Å². The maximum atomic E-state index is 6.35. The van der Waals surface area contributed by atoms with Crippen LogP contribution in [0.2, 0.25) is 5.02 Å². The van der Waals surface area contributed by atoms with Crippen molar-refractivity contribution >= 4 is 11.6 Å². The van der Waals surface area contributed by atoms with Gasteiger partial charge in [0.2, 0.25) is 0 Å². The van der Waals surface area contributed by atoms with Gasteiger partial charge in [-0.2, -0.15) is 0 Å². The number of hydrogen-bond acceptors (Lipinski definition) is 3. The Morgan fingerprint density at radius 2 is 2.06 bits per heavy atom. The van der Waals surface area contributed by atoms with Gasteiger partial charge in [-0.05, 0) is 38.5 Å². The van der Waals surface area contributed by atoms with E-state index in [1.165, 1.54) is 0 Å². The van der Waals surface area contributed by atoms with Crippen LogP contribution in [0.3, 0.4) is 0 Å². The molecule has 3 nitrogen and oxygen atoms in total. The quantitative estimate of drug-likeness (QED) is 0.860. The van der Waals surface area contributed by atoms with Crippen LogP contribution in [-0.4, -0.2) is 19.3 Å². The average Bonchev–Trinajstić information content (AvgIpc) is 2.38. The molecule has 0 spiro atoms. The molecular formula is C14H22ClNO2. The Labute approximate surface area is 114 Å². The Bertz CT molecular complexity index is 397. The molecule has 1 aromatic rings. The van der Waals surface area contributed by atoms with E-state index in [-0.39, 0.29) is 6.04 Å². The van der Waals surface area contributed by atoms with E-state index < -0.39 is 5.60 Å². The number of halogens is 1. The summed E-state index contributed by atoms with van der Waals surface area (Å²) in [5, 5.41) is 0.649. The van der Waals surface area contributed by atoms with Crippen LogP contribution >= 0.6 is 11.6 Å². The zero-order chi connectivity index (χ0) is 13.8. The summed E-state index contributed by atoms with van der Waals surface area (Å²) >= 11 is 6.04. The third kappa shape index (κ3) is 3.16. The molecule has 0 aliphatic carbocycles. The van der Waals surface area contributed by atoms with Crippen molar-refractivity contribution in [2.45, 2.75) is 38.8 Å². The molecule has 102 valence electrons. The van der Waals surface area contributed by atoms with Gasteiger partial charge in [0.15, 0.2) is 0 Å². The van der Waals surface area contributed by atoms with Gasteiger partial charge in [-0.3, -0.25) is 0 Å². The SMILES string of the molecule is CCOC(C)(CC)C(N)c1cc(Cl)ccc1OC. The summed E-state index contributed by atoms with van der Waals surface area (Å²) in [6.07, 6.45) is 0.817. The Balaban J connectivity index is 3.15. The summed E-state index contributed by atoms with van der Waals surface area (Å²) in [5.74, 6) is 0.742. The average molecular weight is 272 g/mol. The van der Waals surface area contributed by atoms with E-state index in [0.29, 0.717) is 11.6 Å². The van der Waals surface area contributed by atoms with Crippen molar-refractivity contribution in [1.82, 2.24) is 0 Å². The highest BCUT2D eigenvalue weighted by Crippen LogP contribution is 2.36. The summed E-state index contributed by atoms with van der Waals surface area (Å²) < 4.78 is 11.2. The second-order valence-electron chi connectivity index (χ2n) is 4.46. The predicted octanol–water partition coefficient (Wildman–Crippen LogP) is 3.55. The normalized spacial score (nSPS) is 16.1. The van der Waals surface area contributed by atoms with Crippen LogP contribution in [-0.2, 0) is 4.74 Å². The van der Waals surface area contributed by atoms with Crippen LogP contribution in [0.25, 0.3) is 0 Å². The van der Waals surface area contributed by atoms with Gasteiger partial charge in [-0.15, -0.1) is 0 Å². The molecule has 0 saturated heterocycles. The largest absolute Gasteiger partial charge is 0.496 e. The zero-order valence-corrected chi connectivity index (χ0v) is 12.3. The summed E-state index contributed by atoms with van der Waals surface area (Å²) in [6, 6.07) is 5.19. The highest BCUT2D eigenvalue weighted by atomic mass is 35.5. The van der Waals surface area contributed by atoms with E-state index in [1.54, 1.807) is 13.2 Å².